The molecule has 0 radical (unpaired) electrons. The summed E-state index contributed by atoms with van der Waals surface area (Å²) in [4.78, 5) is 45.7. The third-order valence-electron chi connectivity index (χ3n) is 2.85. The molecule has 1 saturated heterocycles. The SMILES string of the molecule is COC(=O)c1ccccc1NC(=O)CC1NC(=O)NC1=O. The molecule has 0 bridgehead atoms. The Morgan fingerprint density at radius 3 is 2.62 bits per heavy atom. The van der Waals surface area contributed by atoms with Crippen molar-refractivity contribution in [2.75, 3.05) is 12.4 Å². The lowest BCUT2D eigenvalue weighted by atomic mass is 10.1. The van der Waals surface area contributed by atoms with E-state index in [0.717, 1.165) is 0 Å². The molecule has 0 saturated carbocycles. The number of benzene rings is 1. The van der Waals surface area contributed by atoms with Crippen LogP contribution in [0.5, 0.6) is 0 Å². The van der Waals surface area contributed by atoms with Crippen molar-refractivity contribution in [1.29, 1.82) is 0 Å². The molecule has 8 nitrogen and oxygen atoms in total. The van der Waals surface area contributed by atoms with E-state index in [2.05, 4.69) is 15.4 Å². The molecule has 1 aliphatic heterocycles. The van der Waals surface area contributed by atoms with Gasteiger partial charge in [-0.1, -0.05) is 12.1 Å². The highest BCUT2D eigenvalue weighted by Gasteiger charge is 2.31. The first-order valence-corrected chi connectivity index (χ1v) is 6.10. The molecular weight excluding hydrogens is 278 g/mol. The van der Waals surface area contributed by atoms with Gasteiger partial charge in [-0.3, -0.25) is 14.9 Å². The van der Waals surface area contributed by atoms with E-state index in [-0.39, 0.29) is 17.7 Å². The van der Waals surface area contributed by atoms with Crippen LogP contribution in [-0.4, -0.2) is 37.0 Å². The lowest BCUT2D eigenvalue weighted by molar-refractivity contribution is -0.124. The average Bonchev–Trinajstić information content (AvgIpc) is 2.76. The second-order valence-corrected chi connectivity index (χ2v) is 4.30. The molecule has 0 spiro atoms. The van der Waals surface area contributed by atoms with Gasteiger partial charge in [0.1, 0.15) is 6.04 Å². The minimum atomic E-state index is -0.914. The molecule has 1 aromatic rings. The van der Waals surface area contributed by atoms with Crippen LogP contribution >= 0.6 is 0 Å². The average molecular weight is 291 g/mol. The zero-order chi connectivity index (χ0) is 15.4. The Morgan fingerprint density at radius 2 is 2.00 bits per heavy atom. The highest BCUT2D eigenvalue weighted by atomic mass is 16.5. The van der Waals surface area contributed by atoms with Crippen molar-refractivity contribution in [3.8, 4) is 0 Å². The molecule has 1 fully saturated rings. The standard InChI is InChI=1S/C13H13N3O5/c1-21-12(19)7-4-2-3-5-8(7)14-10(17)6-9-11(18)16-13(20)15-9/h2-5,9H,6H2,1H3,(H,14,17)(H2,15,16,18,20). The quantitative estimate of drug-likeness (QED) is 0.534. The number of nitrogens with one attached hydrogen (secondary N) is 3. The minimum Gasteiger partial charge on any atom is -0.465 e. The Bertz CT molecular complexity index is 614. The first-order chi connectivity index (χ1) is 10.0. The molecule has 1 aliphatic rings. The fourth-order valence-corrected chi connectivity index (χ4v) is 1.87. The highest BCUT2D eigenvalue weighted by Crippen LogP contribution is 2.16. The predicted octanol–water partition coefficient (Wildman–Crippen LogP) is 0.00980. The maximum absolute atomic E-state index is 11.9. The highest BCUT2D eigenvalue weighted by molar-refractivity contribution is 6.07. The molecule has 1 aromatic carbocycles. The van der Waals surface area contributed by atoms with Crippen LogP contribution in [0.15, 0.2) is 24.3 Å². The number of methoxy groups -OCH3 is 1. The first-order valence-electron chi connectivity index (χ1n) is 6.10. The van der Waals surface area contributed by atoms with Gasteiger partial charge in [-0.2, -0.15) is 0 Å². The summed E-state index contributed by atoms with van der Waals surface area (Å²) in [6.07, 6.45) is -0.229. The van der Waals surface area contributed by atoms with Crippen LogP contribution in [0, 0.1) is 0 Å². The van der Waals surface area contributed by atoms with Gasteiger partial charge in [-0.25, -0.2) is 9.59 Å². The predicted molar refractivity (Wildman–Crippen MR) is 71.5 cm³/mol. The molecule has 4 amide bonds. The number of ether oxygens (including phenoxy) is 1. The number of esters is 1. The summed E-state index contributed by atoms with van der Waals surface area (Å²) in [7, 11) is 1.24. The van der Waals surface area contributed by atoms with Gasteiger partial charge in [0, 0.05) is 0 Å². The van der Waals surface area contributed by atoms with Gasteiger partial charge in [0.2, 0.25) is 5.91 Å². The number of anilines is 1. The molecular formula is C13H13N3O5. The van der Waals surface area contributed by atoms with Gasteiger partial charge in [0.05, 0.1) is 24.8 Å². The summed E-state index contributed by atoms with van der Waals surface area (Å²) < 4.78 is 4.61. The van der Waals surface area contributed by atoms with Crippen LogP contribution in [-0.2, 0) is 14.3 Å². The van der Waals surface area contributed by atoms with E-state index in [1.807, 2.05) is 5.32 Å². The van der Waals surface area contributed by atoms with E-state index in [9.17, 15) is 19.2 Å². The summed E-state index contributed by atoms with van der Waals surface area (Å²) in [5.74, 6) is -1.65. The third kappa shape index (κ3) is 3.35. The second-order valence-electron chi connectivity index (χ2n) is 4.30. The Hall–Kier alpha value is -2.90. The van der Waals surface area contributed by atoms with Crippen LogP contribution in [0.1, 0.15) is 16.8 Å². The second kappa shape index (κ2) is 6.04. The van der Waals surface area contributed by atoms with E-state index in [1.54, 1.807) is 12.1 Å². The van der Waals surface area contributed by atoms with Crippen molar-refractivity contribution in [3.05, 3.63) is 29.8 Å². The van der Waals surface area contributed by atoms with Gasteiger partial charge in [-0.05, 0) is 12.1 Å². The summed E-state index contributed by atoms with van der Waals surface area (Å²) >= 11 is 0. The number of imide groups is 1. The number of amides is 4. The third-order valence-corrected chi connectivity index (χ3v) is 2.85. The molecule has 110 valence electrons. The zero-order valence-electron chi connectivity index (χ0n) is 11.1. The molecule has 3 N–H and O–H groups in total. The van der Waals surface area contributed by atoms with Gasteiger partial charge in [0.25, 0.3) is 5.91 Å². The van der Waals surface area contributed by atoms with Crippen molar-refractivity contribution in [2.24, 2.45) is 0 Å². The number of para-hydroxylation sites is 1. The van der Waals surface area contributed by atoms with E-state index in [4.69, 9.17) is 0 Å². The number of urea groups is 1. The van der Waals surface area contributed by atoms with Crippen LogP contribution in [0.25, 0.3) is 0 Å². The van der Waals surface area contributed by atoms with Crippen LogP contribution in [0.2, 0.25) is 0 Å². The molecule has 1 heterocycles. The normalized spacial score (nSPS) is 16.9. The van der Waals surface area contributed by atoms with E-state index >= 15 is 0 Å². The number of hydrogen-bond acceptors (Lipinski definition) is 5. The fraction of sp³-hybridized carbons (Fsp3) is 0.231. The molecule has 1 atom stereocenters. The van der Waals surface area contributed by atoms with Crippen LogP contribution < -0.4 is 16.0 Å². The Morgan fingerprint density at radius 1 is 1.29 bits per heavy atom. The fourth-order valence-electron chi connectivity index (χ4n) is 1.87. The molecule has 2 rings (SSSR count). The minimum absolute atomic E-state index is 0.202. The van der Waals surface area contributed by atoms with E-state index in [0.29, 0.717) is 0 Å². The Balaban J connectivity index is 2.05. The lowest BCUT2D eigenvalue weighted by Crippen LogP contribution is -2.33. The van der Waals surface area contributed by atoms with Gasteiger partial charge >= 0.3 is 12.0 Å². The first kappa shape index (κ1) is 14.5. The van der Waals surface area contributed by atoms with Crippen molar-refractivity contribution < 1.29 is 23.9 Å². The lowest BCUT2D eigenvalue weighted by Gasteiger charge is -2.11. The van der Waals surface area contributed by atoms with E-state index in [1.165, 1.54) is 19.2 Å². The van der Waals surface area contributed by atoms with Crippen LogP contribution in [0.3, 0.4) is 0 Å². The summed E-state index contributed by atoms with van der Waals surface area (Å²) in [5.41, 5.74) is 0.479. The van der Waals surface area contributed by atoms with Crippen molar-refractivity contribution in [2.45, 2.75) is 12.5 Å². The summed E-state index contributed by atoms with van der Waals surface area (Å²) in [6, 6.07) is 4.78. The molecule has 1 unspecified atom stereocenters. The largest absolute Gasteiger partial charge is 0.465 e. The monoisotopic (exact) mass is 291 g/mol. The zero-order valence-corrected chi connectivity index (χ0v) is 11.1. The Labute approximate surface area is 119 Å². The summed E-state index contributed by atoms with van der Waals surface area (Å²) in [6.45, 7) is 0. The topological polar surface area (TPSA) is 114 Å². The van der Waals surface area contributed by atoms with Crippen molar-refractivity contribution >= 4 is 29.5 Å². The smallest absolute Gasteiger partial charge is 0.339 e. The number of hydrogen-bond donors (Lipinski definition) is 3. The van der Waals surface area contributed by atoms with E-state index < -0.39 is 29.9 Å². The number of carbonyl (C=O) groups is 4. The molecule has 0 aromatic heterocycles. The van der Waals surface area contributed by atoms with Gasteiger partial charge in [0.15, 0.2) is 0 Å². The molecule has 8 heteroatoms. The number of rotatable bonds is 4. The van der Waals surface area contributed by atoms with Gasteiger partial charge in [-0.15, -0.1) is 0 Å². The maximum Gasteiger partial charge on any atom is 0.339 e. The summed E-state index contributed by atoms with van der Waals surface area (Å²) in [5, 5.41) is 6.87. The maximum atomic E-state index is 11.9. The number of carbonyl (C=O) groups excluding carboxylic acids is 4. The van der Waals surface area contributed by atoms with Crippen molar-refractivity contribution in [3.63, 3.8) is 0 Å². The van der Waals surface area contributed by atoms with Gasteiger partial charge < -0.3 is 15.4 Å². The molecule has 0 aliphatic carbocycles. The van der Waals surface area contributed by atoms with Crippen LogP contribution in [0.4, 0.5) is 10.5 Å². The molecule has 21 heavy (non-hydrogen) atoms. The van der Waals surface area contributed by atoms with Crippen molar-refractivity contribution in [1.82, 2.24) is 10.6 Å². The Kier molecular flexibility index (Phi) is 4.17.